The van der Waals surface area contributed by atoms with Crippen molar-refractivity contribution in [1.29, 1.82) is 0 Å². The lowest BCUT2D eigenvalue weighted by Crippen LogP contribution is -2.61. The average Bonchev–Trinajstić information content (AvgIpc) is 2.45. The van der Waals surface area contributed by atoms with Crippen molar-refractivity contribution in [2.24, 2.45) is 5.73 Å². The second-order valence-corrected chi connectivity index (χ2v) is 4.58. The van der Waals surface area contributed by atoms with E-state index in [9.17, 15) is 4.79 Å². The van der Waals surface area contributed by atoms with Crippen molar-refractivity contribution in [2.45, 2.75) is 23.8 Å². The van der Waals surface area contributed by atoms with Gasteiger partial charge in [-0.25, -0.2) is 0 Å². The van der Waals surface area contributed by atoms with E-state index in [1.54, 1.807) is 0 Å². The minimum absolute atomic E-state index is 0.0185. The Hall–Kier alpha value is -0.260. The highest BCUT2D eigenvalue weighted by molar-refractivity contribution is 7.81. The first kappa shape index (κ1) is 9.30. The molecule has 2 aliphatic heterocycles. The Kier molecular flexibility index (Phi) is 2.49. The largest absolute Gasteiger partial charge is 0.338 e. The number of rotatable bonds is 1. The second-order valence-electron chi connectivity index (χ2n) is 3.85. The Balaban J connectivity index is 1.84. The van der Waals surface area contributed by atoms with Crippen molar-refractivity contribution in [2.75, 3.05) is 19.6 Å². The lowest BCUT2D eigenvalue weighted by Gasteiger charge is -2.38. The molecule has 2 heterocycles. The molecule has 0 aromatic heterocycles. The fourth-order valence-corrected chi connectivity index (χ4v) is 2.13. The third-order valence-corrected chi connectivity index (χ3v) is 3.02. The molecular formula is C8H15N3OS. The van der Waals surface area contributed by atoms with Gasteiger partial charge in [0.05, 0.1) is 6.04 Å². The number of carbonyl (C=O) groups excluding carboxylic acids is 1. The minimum Gasteiger partial charge on any atom is -0.338 e. The van der Waals surface area contributed by atoms with Gasteiger partial charge in [-0.15, -0.1) is 0 Å². The fourth-order valence-electron chi connectivity index (χ4n) is 1.82. The van der Waals surface area contributed by atoms with E-state index < -0.39 is 0 Å². The Morgan fingerprint density at radius 1 is 1.54 bits per heavy atom. The zero-order valence-electron chi connectivity index (χ0n) is 7.44. The molecule has 5 heteroatoms. The Morgan fingerprint density at radius 3 is 2.69 bits per heavy atom. The first-order chi connectivity index (χ1) is 6.16. The molecule has 2 rings (SSSR count). The number of amides is 1. The molecule has 13 heavy (non-hydrogen) atoms. The van der Waals surface area contributed by atoms with Crippen molar-refractivity contribution < 1.29 is 4.79 Å². The highest BCUT2D eigenvalue weighted by Gasteiger charge is 2.35. The van der Waals surface area contributed by atoms with Gasteiger partial charge < -0.3 is 16.0 Å². The summed E-state index contributed by atoms with van der Waals surface area (Å²) >= 11 is 4.32. The summed E-state index contributed by atoms with van der Waals surface area (Å²) in [4.78, 5) is 13.5. The highest BCUT2D eigenvalue weighted by Crippen LogP contribution is 2.16. The lowest BCUT2D eigenvalue weighted by atomic mass is 10.1. The summed E-state index contributed by atoms with van der Waals surface area (Å²) in [6, 6.07) is 0.173. The van der Waals surface area contributed by atoms with Crippen molar-refractivity contribution >= 4 is 18.5 Å². The minimum atomic E-state index is -0.0185. The Bertz CT molecular complexity index is 217. The van der Waals surface area contributed by atoms with Crippen LogP contribution in [-0.4, -0.2) is 47.8 Å². The van der Waals surface area contributed by atoms with Crippen LogP contribution < -0.4 is 11.1 Å². The maximum Gasteiger partial charge on any atom is 0.239 e. The van der Waals surface area contributed by atoms with Crippen LogP contribution in [0.5, 0.6) is 0 Å². The van der Waals surface area contributed by atoms with Crippen LogP contribution >= 0.6 is 12.6 Å². The molecule has 0 bridgehead atoms. The number of hydrogen-bond donors (Lipinski definition) is 3. The first-order valence-electron chi connectivity index (χ1n) is 4.62. The number of thiol groups is 1. The van der Waals surface area contributed by atoms with Gasteiger partial charge >= 0.3 is 0 Å². The highest BCUT2D eigenvalue weighted by atomic mass is 32.1. The number of nitrogens with one attached hydrogen (secondary N) is 1. The van der Waals surface area contributed by atoms with E-state index in [0.717, 1.165) is 13.0 Å². The van der Waals surface area contributed by atoms with Gasteiger partial charge in [-0.1, -0.05) is 0 Å². The van der Waals surface area contributed by atoms with Gasteiger partial charge in [0, 0.05) is 30.9 Å². The number of carbonyl (C=O) groups is 1. The molecule has 0 aromatic rings. The van der Waals surface area contributed by atoms with E-state index in [4.69, 9.17) is 5.73 Å². The van der Waals surface area contributed by atoms with Gasteiger partial charge in [-0.05, 0) is 6.42 Å². The van der Waals surface area contributed by atoms with E-state index in [-0.39, 0.29) is 18.0 Å². The maximum atomic E-state index is 11.7. The van der Waals surface area contributed by atoms with Crippen LogP contribution in [0.4, 0.5) is 0 Å². The topological polar surface area (TPSA) is 58.4 Å². The SMILES string of the molecule is NC1CN(C(=O)C2CC(S)CN2)C1. The van der Waals surface area contributed by atoms with Gasteiger partial charge in [0.2, 0.25) is 5.91 Å². The predicted molar refractivity (Wildman–Crippen MR) is 53.7 cm³/mol. The quantitative estimate of drug-likeness (QED) is 0.468. The van der Waals surface area contributed by atoms with Crippen LogP contribution in [0.25, 0.3) is 0 Å². The van der Waals surface area contributed by atoms with Gasteiger partial charge in [-0.3, -0.25) is 4.79 Å². The monoisotopic (exact) mass is 201 g/mol. The number of likely N-dealkylation sites (tertiary alicyclic amines) is 1. The van der Waals surface area contributed by atoms with Crippen LogP contribution in [0.15, 0.2) is 0 Å². The van der Waals surface area contributed by atoms with Crippen LogP contribution in [0.3, 0.4) is 0 Å². The van der Waals surface area contributed by atoms with E-state index in [1.165, 1.54) is 0 Å². The standard InChI is InChI=1S/C8H15N3OS/c9-5-3-11(4-5)8(12)7-1-6(13)2-10-7/h5-7,10,13H,1-4,9H2. The number of nitrogens with two attached hydrogens (primary N) is 1. The first-order valence-corrected chi connectivity index (χ1v) is 5.14. The molecule has 4 nitrogen and oxygen atoms in total. The molecule has 2 atom stereocenters. The lowest BCUT2D eigenvalue weighted by molar-refractivity contribution is -0.137. The molecule has 74 valence electrons. The normalized spacial score (nSPS) is 34.8. The summed E-state index contributed by atoms with van der Waals surface area (Å²) in [6.07, 6.45) is 0.841. The molecule has 2 fully saturated rings. The molecule has 0 spiro atoms. The third kappa shape index (κ3) is 1.82. The van der Waals surface area contributed by atoms with Gasteiger partial charge in [0.25, 0.3) is 0 Å². The summed E-state index contributed by atoms with van der Waals surface area (Å²) < 4.78 is 0. The summed E-state index contributed by atoms with van der Waals surface area (Å²) in [5, 5.41) is 3.48. The van der Waals surface area contributed by atoms with Crippen LogP contribution in [0.1, 0.15) is 6.42 Å². The molecule has 2 aliphatic rings. The van der Waals surface area contributed by atoms with E-state index in [0.29, 0.717) is 18.3 Å². The smallest absolute Gasteiger partial charge is 0.239 e. The molecule has 0 aliphatic carbocycles. The summed E-state index contributed by atoms with van der Waals surface area (Å²) in [7, 11) is 0. The molecule has 3 N–H and O–H groups in total. The third-order valence-electron chi connectivity index (χ3n) is 2.63. The molecule has 2 unspecified atom stereocenters. The van der Waals surface area contributed by atoms with Crippen molar-refractivity contribution in [3.63, 3.8) is 0 Å². The van der Waals surface area contributed by atoms with Crippen LogP contribution in [0.2, 0.25) is 0 Å². The zero-order chi connectivity index (χ0) is 9.42. The Labute approximate surface area is 83.2 Å². The summed E-state index contributed by atoms with van der Waals surface area (Å²) in [5.74, 6) is 0.193. The Morgan fingerprint density at radius 2 is 2.23 bits per heavy atom. The summed E-state index contributed by atoms with van der Waals surface area (Å²) in [5.41, 5.74) is 5.60. The molecule has 0 aromatic carbocycles. The van der Waals surface area contributed by atoms with Crippen LogP contribution in [0, 0.1) is 0 Å². The number of hydrogen-bond acceptors (Lipinski definition) is 4. The molecular weight excluding hydrogens is 186 g/mol. The summed E-state index contributed by atoms with van der Waals surface area (Å²) in [6.45, 7) is 2.27. The number of nitrogens with zero attached hydrogens (tertiary/aromatic N) is 1. The van der Waals surface area contributed by atoms with Gasteiger partial charge in [0.1, 0.15) is 0 Å². The molecule has 2 saturated heterocycles. The second kappa shape index (κ2) is 3.48. The zero-order valence-corrected chi connectivity index (χ0v) is 8.33. The van der Waals surface area contributed by atoms with Crippen molar-refractivity contribution in [3.8, 4) is 0 Å². The van der Waals surface area contributed by atoms with Crippen molar-refractivity contribution in [1.82, 2.24) is 10.2 Å². The van der Waals surface area contributed by atoms with E-state index in [1.807, 2.05) is 4.90 Å². The molecule has 0 saturated carbocycles. The van der Waals surface area contributed by atoms with Gasteiger partial charge in [0.15, 0.2) is 0 Å². The fraction of sp³-hybridized carbons (Fsp3) is 0.875. The molecule has 0 radical (unpaired) electrons. The maximum absolute atomic E-state index is 11.7. The van der Waals surface area contributed by atoms with E-state index >= 15 is 0 Å². The average molecular weight is 201 g/mol. The van der Waals surface area contributed by atoms with Gasteiger partial charge in [-0.2, -0.15) is 12.6 Å². The van der Waals surface area contributed by atoms with Crippen LogP contribution in [-0.2, 0) is 4.79 Å². The van der Waals surface area contributed by atoms with Crippen molar-refractivity contribution in [3.05, 3.63) is 0 Å². The molecule has 1 amide bonds. The predicted octanol–water partition coefficient (Wildman–Crippen LogP) is -1.18. The van der Waals surface area contributed by atoms with E-state index in [2.05, 4.69) is 17.9 Å².